The number of nitrogens with one attached hydrogen (secondary N) is 1. The molecule has 1 aromatic carbocycles. The van der Waals surface area contributed by atoms with Crippen LogP contribution in [-0.4, -0.2) is 25.7 Å². The topological polar surface area (TPSA) is 47.6 Å². The summed E-state index contributed by atoms with van der Waals surface area (Å²) in [6, 6.07) is 7.66. The van der Waals surface area contributed by atoms with E-state index < -0.39 is 0 Å². The van der Waals surface area contributed by atoms with E-state index in [1.165, 1.54) is 25.7 Å². The van der Waals surface area contributed by atoms with Gasteiger partial charge in [0, 0.05) is 6.04 Å². The van der Waals surface area contributed by atoms with E-state index in [1.807, 2.05) is 24.3 Å². The van der Waals surface area contributed by atoms with Crippen LogP contribution in [0.5, 0.6) is 11.5 Å². The number of hydrogen-bond acceptors (Lipinski definition) is 3. The van der Waals surface area contributed by atoms with Gasteiger partial charge in [-0.1, -0.05) is 0 Å². The summed E-state index contributed by atoms with van der Waals surface area (Å²) in [5.74, 6) is 2.89. The number of methoxy groups -OCH3 is 1. The fraction of sp³-hybridized carbons (Fsp3) is 0.562. The summed E-state index contributed by atoms with van der Waals surface area (Å²) in [6.07, 6.45) is 5.06. The Morgan fingerprint density at radius 3 is 2.20 bits per heavy atom. The molecule has 0 unspecified atom stereocenters. The minimum absolute atomic E-state index is 0.00961. The summed E-state index contributed by atoms with van der Waals surface area (Å²) in [5, 5.41) is 3.15. The van der Waals surface area contributed by atoms with Gasteiger partial charge in [0.2, 0.25) is 0 Å². The van der Waals surface area contributed by atoms with E-state index in [2.05, 4.69) is 5.32 Å². The first-order valence-corrected chi connectivity index (χ1v) is 7.32. The zero-order valence-electron chi connectivity index (χ0n) is 11.8. The van der Waals surface area contributed by atoms with Gasteiger partial charge in [0.25, 0.3) is 5.91 Å². The lowest BCUT2D eigenvalue weighted by Gasteiger charge is -2.17. The molecule has 0 spiro atoms. The molecule has 0 radical (unpaired) electrons. The molecule has 0 heterocycles. The number of carbonyl (C=O) groups excluding carboxylic acids is 1. The molecule has 4 heteroatoms. The Balaban J connectivity index is 1.45. The van der Waals surface area contributed by atoms with Gasteiger partial charge in [-0.25, -0.2) is 0 Å². The molecule has 0 saturated heterocycles. The number of rotatable bonds is 7. The highest BCUT2D eigenvalue weighted by Gasteiger charge is 2.42. The van der Waals surface area contributed by atoms with Gasteiger partial charge in [-0.3, -0.25) is 4.79 Å². The number of carbonyl (C=O) groups is 1. The van der Waals surface area contributed by atoms with E-state index in [0.717, 1.165) is 5.75 Å². The van der Waals surface area contributed by atoms with E-state index >= 15 is 0 Å². The molecular weight excluding hydrogens is 254 g/mol. The Hall–Kier alpha value is -1.71. The molecule has 108 valence electrons. The van der Waals surface area contributed by atoms with Gasteiger partial charge < -0.3 is 14.8 Å². The van der Waals surface area contributed by atoms with Crippen molar-refractivity contribution in [2.75, 3.05) is 13.7 Å². The van der Waals surface area contributed by atoms with Crippen molar-refractivity contribution in [1.82, 2.24) is 5.32 Å². The number of benzene rings is 1. The molecule has 2 saturated carbocycles. The van der Waals surface area contributed by atoms with Crippen LogP contribution < -0.4 is 14.8 Å². The predicted molar refractivity (Wildman–Crippen MR) is 75.9 cm³/mol. The van der Waals surface area contributed by atoms with Crippen LogP contribution in [0.25, 0.3) is 0 Å². The number of amides is 1. The average Bonchev–Trinajstić information content (AvgIpc) is 3.36. The van der Waals surface area contributed by atoms with Crippen LogP contribution in [0, 0.1) is 11.8 Å². The highest BCUT2D eigenvalue weighted by molar-refractivity contribution is 5.78. The van der Waals surface area contributed by atoms with Crippen LogP contribution in [0.2, 0.25) is 0 Å². The van der Waals surface area contributed by atoms with Crippen LogP contribution >= 0.6 is 0 Å². The molecule has 0 aliphatic heterocycles. The van der Waals surface area contributed by atoms with Crippen molar-refractivity contribution in [1.29, 1.82) is 0 Å². The molecule has 3 rings (SSSR count). The van der Waals surface area contributed by atoms with Crippen LogP contribution in [0.1, 0.15) is 25.7 Å². The molecular formula is C16H21NO3. The monoisotopic (exact) mass is 275 g/mol. The summed E-state index contributed by atoms with van der Waals surface area (Å²) in [7, 11) is 1.62. The van der Waals surface area contributed by atoms with Crippen LogP contribution in [-0.2, 0) is 4.79 Å². The SMILES string of the molecule is COc1ccc(OCC(=O)NC(C2CC2)C2CC2)cc1. The fourth-order valence-electron chi connectivity index (χ4n) is 2.58. The van der Waals surface area contributed by atoms with Crippen molar-refractivity contribution in [3.63, 3.8) is 0 Å². The molecule has 0 aromatic heterocycles. The van der Waals surface area contributed by atoms with Crippen molar-refractivity contribution >= 4 is 5.91 Å². The van der Waals surface area contributed by atoms with Gasteiger partial charge in [0.15, 0.2) is 6.61 Å². The molecule has 1 aromatic rings. The summed E-state index contributed by atoms with van der Waals surface area (Å²) < 4.78 is 10.6. The van der Waals surface area contributed by atoms with Gasteiger partial charge in [0.1, 0.15) is 11.5 Å². The summed E-state index contributed by atoms with van der Waals surface area (Å²) in [4.78, 5) is 12.0. The minimum atomic E-state index is -0.00961. The largest absolute Gasteiger partial charge is 0.497 e. The maximum absolute atomic E-state index is 12.0. The first-order valence-electron chi connectivity index (χ1n) is 7.32. The first kappa shape index (κ1) is 13.3. The lowest BCUT2D eigenvalue weighted by atomic mass is 10.1. The van der Waals surface area contributed by atoms with Gasteiger partial charge >= 0.3 is 0 Å². The lowest BCUT2D eigenvalue weighted by molar-refractivity contribution is -0.124. The zero-order valence-corrected chi connectivity index (χ0v) is 11.8. The third-order valence-electron chi connectivity index (χ3n) is 4.02. The smallest absolute Gasteiger partial charge is 0.258 e. The standard InChI is InChI=1S/C16H21NO3/c1-19-13-6-8-14(9-7-13)20-10-15(18)17-16(11-2-3-11)12-4-5-12/h6-9,11-12,16H,2-5,10H2,1H3,(H,17,18). The van der Waals surface area contributed by atoms with Gasteiger partial charge in [-0.15, -0.1) is 0 Å². The second-order valence-corrected chi connectivity index (χ2v) is 5.73. The lowest BCUT2D eigenvalue weighted by Crippen LogP contribution is -2.40. The van der Waals surface area contributed by atoms with Crippen molar-refractivity contribution < 1.29 is 14.3 Å². The minimum Gasteiger partial charge on any atom is -0.497 e. The molecule has 0 atom stereocenters. The first-order chi connectivity index (χ1) is 9.76. The van der Waals surface area contributed by atoms with Gasteiger partial charge in [-0.2, -0.15) is 0 Å². The Labute approximate surface area is 119 Å². The Kier molecular flexibility index (Phi) is 3.81. The molecule has 2 fully saturated rings. The Morgan fingerprint density at radius 1 is 1.15 bits per heavy atom. The fourth-order valence-corrected chi connectivity index (χ4v) is 2.58. The normalized spacial score (nSPS) is 17.9. The third-order valence-corrected chi connectivity index (χ3v) is 4.02. The van der Waals surface area contributed by atoms with E-state index in [0.29, 0.717) is 23.6 Å². The van der Waals surface area contributed by atoms with Gasteiger partial charge in [-0.05, 0) is 61.8 Å². The van der Waals surface area contributed by atoms with E-state index in [9.17, 15) is 4.79 Å². The summed E-state index contributed by atoms with van der Waals surface area (Å²) >= 11 is 0. The van der Waals surface area contributed by atoms with Gasteiger partial charge in [0.05, 0.1) is 7.11 Å². The summed E-state index contributed by atoms with van der Waals surface area (Å²) in [5.41, 5.74) is 0. The molecule has 2 aliphatic carbocycles. The maximum Gasteiger partial charge on any atom is 0.258 e. The van der Waals surface area contributed by atoms with Crippen LogP contribution in [0.15, 0.2) is 24.3 Å². The van der Waals surface area contributed by atoms with E-state index in [-0.39, 0.29) is 12.5 Å². The highest BCUT2D eigenvalue weighted by Crippen LogP contribution is 2.44. The van der Waals surface area contributed by atoms with Crippen molar-refractivity contribution in [3.05, 3.63) is 24.3 Å². The second kappa shape index (κ2) is 5.73. The molecule has 20 heavy (non-hydrogen) atoms. The number of ether oxygens (including phenoxy) is 2. The van der Waals surface area contributed by atoms with Crippen molar-refractivity contribution in [2.45, 2.75) is 31.7 Å². The Bertz CT molecular complexity index is 451. The number of hydrogen-bond donors (Lipinski definition) is 1. The average molecular weight is 275 g/mol. The van der Waals surface area contributed by atoms with Crippen LogP contribution in [0.3, 0.4) is 0 Å². The summed E-state index contributed by atoms with van der Waals surface area (Å²) in [6.45, 7) is 0.0856. The molecule has 1 N–H and O–H groups in total. The molecule has 4 nitrogen and oxygen atoms in total. The Morgan fingerprint density at radius 2 is 1.70 bits per heavy atom. The van der Waals surface area contributed by atoms with Crippen LogP contribution in [0.4, 0.5) is 0 Å². The van der Waals surface area contributed by atoms with E-state index in [4.69, 9.17) is 9.47 Å². The maximum atomic E-state index is 12.0. The second-order valence-electron chi connectivity index (χ2n) is 5.73. The zero-order chi connectivity index (χ0) is 13.9. The molecule has 2 aliphatic rings. The molecule has 1 amide bonds. The van der Waals surface area contributed by atoms with Crippen molar-refractivity contribution in [3.8, 4) is 11.5 Å². The third kappa shape index (κ3) is 3.44. The van der Waals surface area contributed by atoms with Crippen molar-refractivity contribution in [2.24, 2.45) is 11.8 Å². The quantitative estimate of drug-likeness (QED) is 0.831. The highest BCUT2D eigenvalue weighted by atomic mass is 16.5. The predicted octanol–water partition coefficient (Wildman–Crippen LogP) is 2.38. The van der Waals surface area contributed by atoms with E-state index in [1.54, 1.807) is 7.11 Å². The molecule has 0 bridgehead atoms.